The van der Waals surface area contributed by atoms with E-state index in [4.69, 9.17) is 28.1 Å². The first-order valence-corrected chi connectivity index (χ1v) is 15.8. The van der Waals surface area contributed by atoms with E-state index in [-0.39, 0.29) is 13.2 Å². The first-order chi connectivity index (χ1) is 17.3. The summed E-state index contributed by atoms with van der Waals surface area (Å²) in [5.74, 6) is -1.05. The lowest BCUT2D eigenvalue weighted by Crippen LogP contribution is -2.64. The molecule has 2 heterocycles. The molecule has 204 valence electrons. The molecule has 0 saturated carbocycles. The van der Waals surface area contributed by atoms with Gasteiger partial charge >= 0.3 is 6.18 Å². The Morgan fingerprint density at radius 1 is 0.865 bits per heavy atom. The lowest BCUT2D eigenvalue weighted by Gasteiger charge is -2.44. The van der Waals surface area contributed by atoms with Crippen molar-refractivity contribution in [1.82, 2.24) is 0 Å². The number of benzene rings is 2. The SMILES string of the molecule is CC1(C)O[C@H]2O[C@@](COCc3ccccc3)([C@@H](O[Si](C)(C)C)C(F)(F)F)[C@@H](OCc3ccccc3)[C@H]2O1. The standard InChI is InChI=1S/C27H35F3O6Si/c1-25(2)33-21-22(32-17-20-14-10-7-11-15-20)26(35-23(21)34-25,18-31-16-19-12-8-6-9-13-19)24(27(28,29)30)36-37(3,4)5/h6-15,21-24H,16-18H2,1-5H3/t21-,22+,23+,24-,26-/m1/s1. The van der Waals surface area contributed by atoms with Crippen LogP contribution in [0.3, 0.4) is 0 Å². The highest BCUT2D eigenvalue weighted by atomic mass is 28.4. The molecule has 2 saturated heterocycles. The maximum atomic E-state index is 14.8. The van der Waals surface area contributed by atoms with Gasteiger partial charge in [-0.3, -0.25) is 0 Å². The van der Waals surface area contributed by atoms with Crippen LogP contribution in [0.4, 0.5) is 13.2 Å². The molecule has 0 spiro atoms. The van der Waals surface area contributed by atoms with E-state index in [2.05, 4.69) is 0 Å². The Morgan fingerprint density at radius 3 is 1.97 bits per heavy atom. The molecular weight excluding hydrogens is 505 g/mol. The molecule has 2 aromatic carbocycles. The lowest BCUT2D eigenvalue weighted by atomic mass is 9.89. The van der Waals surface area contributed by atoms with Crippen molar-refractivity contribution >= 4 is 8.32 Å². The molecule has 4 rings (SSSR count). The number of alkyl halides is 3. The summed E-state index contributed by atoms with van der Waals surface area (Å²) >= 11 is 0. The highest BCUT2D eigenvalue weighted by Crippen LogP contribution is 2.50. The van der Waals surface area contributed by atoms with Crippen molar-refractivity contribution in [2.45, 2.75) is 88.9 Å². The molecular formula is C27H35F3O6Si. The number of fused-ring (bicyclic) bond motifs is 1. The van der Waals surface area contributed by atoms with Gasteiger partial charge in [0.15, 0.2) is 32.1 Å². The molecule has 0 bridgehead atoms. The average molecular weight is 541 g/mol. The van der Waals surface area contributed by atoms with Gasteiger partial charge in [-0.15, -0.1) is 0 Å². The smallest absolute Gasteiger partial charge is 0.404 e. The molecule has 2 fully saturated rings. The highest BCUT2D eigenvalue weighted by Gasteiger charge is 2.71. The number of hydrogen-bond donors (Lipinski definition) is 0. The molecule has 2 aliphatic rings. The van der Waals surface area contributed by atoms with Crippen molar-refractivity contribution in [1.29, 1.82) is 0 Å². The van der Waals surface area contributed by atoms with Gasteiger partial charge in [-0.1, -0.05) is 60.7 Å². The molecule has 5 atom stereocenters. The Bertz CT molecular complexity index is 1010. The maximum Gasteiger partial charge on any atom is 0.416 e. The average Bonchev–Trinajstić information content (AvgIpc) is 3.25. The fraction of sp³-hybridized carbons (Fsp3) is 0.556. The van der Waals surface area contributed by atoms with Gasteiger partial charge in [0, 0.05) is 0 Å². The second-order valence-corrected chi connectivity index (χ2v) is 15.3. The van der Waals surface area contributed by atoms with Crippen molar-refractivity contribution < 1.29 is 41.3 Å². The summed E-state index contributed by atoms with van der Waals surface area (Å²) in [5.41, 5.74) is -0.438. The maximum absolute atomic E-state index is 14.8. The van der Waals surface area contributed by atoms with Gasteiger partial charge in [0.1, 0.15) is 12.2 Å². The first-order valence-electron chi connectivity index (χ1n) is 12.3. The molecule has 10 heteroatoms. The Hall–Kier alpha value is -1.79. The fourth-order valence-corrected chi connectivity index (χ4v) is 5.75. The molecule has 0 amide bonds. The van der Waals surface area contributed by atoms with E-state index < -0.39 is 57.1 Å². The largest absolute Gasteiger partial charge is 0.416 e. The van der Waals surface area contributed by atoms with Crippen molar-refractivity contribution in [3.05, 3.63) is 71.8 Å². The molecule has 2 aromatic rings. The van der Waals surface area contributed by atoms with E-state index in [1.54, 1.807) is 33.5 Å². The van der Waals surface area contributed by atoms with Crippen molar-refractivity contribution in [3.8, 4) is 0 Å². The molecule has 6 nitrogen and oxygen atoms in total. The summed E-state index contributed by atoms with van der Waals surface area (Å²) in [6, 6.07) is 18.5. The quantitative estimate of drug-likeness (QED) is 0.354. The van der Waals surface area contributed by atoms with Crippen molar-refractivity contribution in [2.24, 2.45) is 0 Å². The van der Waals surface area contributed by atoms with E-state index in [0.29, 0.717) is 0 Å². The summed E-state index contributed by atoms with van der Waals surface area (Å²) in [6.07, 6.45) is -10.2. The number of hydrogen-bond acceptors (Lipinski definition) is 6. The van der Waals surface area contributed by atoms with Crippen LogP contribution >= 0.6 is 0 Å². The van der Waals surface area contributed by atoms with E-state index >= 15 is 0 Å². The zero-order valence-corrected chi connectivity index (χ0v) is 22.8. The van der Waals surface area contributed by atoms with Crippen LogP contribution in [0.1, 0.15) is 25.0 Å². The van der Waals surface area contributed by atoms with E-state index in [0.717, 1.165) is 11.1 Å². The zero-order valence-electron chi connectivity index (χ0n) is 21.8. The van der Waals surface area contributed by atoms with Crippen LogP contribution in [0.25, 0.3) is 0 Å². The summed E-state index contributed by atoms with van der Waals surface area (Å²) < 4.78 is 80.4. The molecule has 0 radical (unpaired) electrons. The topological polar surface area (TPSA) is 55.4 Å². The van der Waals surface area contributed by atoms with Crippen LogP contribution in [0.2, 0.25) is 19.6 Å². The minimum atomic E-state index is -4.76. The number of halogens is 3. The third kappa shape index (κ3) is 6.81. The predicted octanol–water partition coefficient (Wildman–Crippen LogP) is 5.82. The fourth-order valence-electron chi connectivity index (χ4n) is 4.71. The van der Waals surface area contributed by atoms with E-state index in [1.807, 2.05) is 60.7 Å². The summed E-state index contributed by atoms with van der Waals surface area (Å²) in [7, 11) is -2.72. The zero-order chi connectivity index (χ0) is 26.9. The van der Waals surface area contributed by atoms with Gasteiger partial charge in [0.25, 0.3) is 0 Å². The molecule has 0 aromatic heterocycles. The summed E-state index contributed by atoms with van der Waals surface area (Å²) in [6.45, 7) is 8.21. The van der Waals surface area contributed by atoms with Crippen LogP contribution in [0, 0.1) is 0 Å². The minimum absolute atomic E-state index is 0.0554. The summed E-state index contributed by atoms with van der Waals surface area (Å²) in [4.78, 5) is 0. The molecule has 0 N–H and O–H groups in total. The number of ether oxygens (including phenoxy) is 5. The highest BCUT2D eigenvalue weighted by molar-refractivity contribution is 6.69. The lowest BCUT2D eigenvalue weighted by molar-refractivity contribution is -0.316. The van der Waals surface area contributed by atoms with Gasteiger partial charge in [-0.05, 0) is 44.6 Å². The Morgan fingerprint density at radius 2 is 1.43 bits per heavy atom. The van der Waals surface area contributed by atoms with Crippen LogP contribution in [-0.2, 0) is 41.3 Å². The van der Waals surface area contributed by atoms with Gasteiger partial charge in [-0.25, -0.2) is 0 Å². The second-order valence-electron chi connectivity index (χ2n) is 10.9. The van der Waals surface area contributed by atoms with E-state index in [1.165, 1.54) is 0 Å². The van der Waals surface area contributed by atoms with Crippen LogP contribution in [-0.4, -0.2) is 57.1 Å². The van der Waals surface area contributed by atoms with Crippen LogP contribution in [0.15, 0.2) is 60.7 Å². The minimum Gasteiger partial charge on any atom is -0.404 e. The normalized spacial score (nSPS) is 28.3. The number of rotatable bonds is 10. The molecule has 0 unspecified atom stereocenters. The Labute approximate surface area is 217 Å². The second kappa shape index (κ2) is 10.8. The van der Waals surface area contributed by atoms with Crippen molar-refractivity contribution in [2.75, 3.05) is 6.61 Å². The molecule has 2 aliphatic heterocycles. The Kier molecular flexibility index (Phi) is 8.21. The van der Waals surface area contributed by atoms with Crippen molar-refractivity contribution in [3.63, 3.8) is 0 Å². The predicted molar refractivity (Wildman–Crippen MR) is 133 cm³/mol. The third-order valence-electron chi connectivity index (χ3n) is 6.13. The van der Waals surface area contributed by atoms with Gasteiger partial charge in [0.2, 0.25) is 0 Å². The van der Waals surface area contributed by atoms with Gasteiger partial charge < -0.3 is 28.1 Å². The third-order valence-corrected chi connectivity index (χ3v) is 7.07. The van der Waals surface area contributed by atoms with E-state index in [9.17, 15) is 13.2 Å². The van der Waals surface area contributed by atoms with Crippen LogP contribution < -0.4 is 0 Å². The van der Waals surface area contributed by atoms with Crippen LogP contribution in [0.5, 0.6) is 0 Å². The molecule has 37 heavy (non-hydrogen) atoms. The van der Waals surface area contributed by atoms with Gasteiger partial charge in [0.05, 0.1) is 19.8 Å². The first kappa shape index (κ1) is 28.2. The van der Waals surface area contributed by atoms with Gasteiger partial charge in [-0.2, -0.15) is 13.2 Å². The monoisotopic (exact) mass is 540 g/mol. The molecule has 0 aliphatic carbocycles. The Balaban J connectivity index is 1.71. The summed E-state index contributed by atoms with van der Waals surface area (Å²) in [5, 5.41) is 0.